The molecule has 6 heteroatoms. The van der Waals surface area contributed by atoms with Gasteiger partial charge in [0.1, 0.15) is 30.5 Å². The van der Waals surface area contributed by atoms with Crippen LogP contribution in [0.15, 0.2) is 29.3 Å². The van der Waals surface area contributed by atoms with E-state index in [1.54, 1.807) is 23.9 Å². The third-order valence-electron chi connectivity index (χ3n) is 5.25. The molecule has 1 aliphatic heterocycles. The Morgan fingerprint density at radius 2 is 1.81 bits per heavy atom. The minimum atomic E-state index is -0.226. The van der Waals surface area contributed by atoms with Gasteiger partial charge in [-0.2, -0.15) is 5.26 Å². The van der Waals surface area contributed by atoms with Crippen LogP contribution in [0, 0.1) is 17.1 Å². The fourth-order valence-electron chi connectivity index (χ4n) is 3.84. The van der Waals surface area contributed by atoms with Crippen molar-refractivity contribution < 1.29 is 14.1 Å². The van der Waals surface area contributed by atoms with Gasteiger partial charge in [-0.05, 0) is 48.9 Å². The molecular weight excluding hydrogens is 361 g/mol. The topological polar surface area (TPSA) is 50.4 Å². The lowest BCUT2D eigenvalue weighted by molar-refractivity contribution is -0.414. The number of hydrogen-bond acceptors (Lipinski definition) is 4. The summed E-state index contributed by atoms with van der Waals surface area (Å²) < 4.78 is 18.7. The zero-order valence-corrected chi connectivity index (χ0v) is 16.1. The highest BCUT2D eigenvalue weighted by atomic mass is 32.2. The number of H-pyrrole nitrogens is 1. The number of pyridine rings is 1. The Morgan fingerprint density at radius 1 is 1.11 bits per heavy atom. The number of benzene rings is 1. The lowest BCUT2D eigenvalue weighted by Gasteiger charge is -2.26. The molecular formula is C21H23FN3OS+. The van der Waals surface area contributed by atoms with Gasteiger partial charge in [-0.3, -0.25) is 4.90 Å². The van der Waals surface area contributed by atoms with E-state index in [0.717, 1.165) is 67.5 Å². The number of nitrogens with one attached hydrogen (secondary N) is 1. The molecule has 4 nitrogen and oxygen atoms in total. The average Bonchev–Trinajstić information content (AvgIpc) is 2.73. The normalized spacial score (nSPS) is 16.7. The summed E-state index contributed by atoms with van der Waals surface area (Å²) >= 11 is 1.62. The number of hydrogen-bond donors (Lipinski definition) is 0. The van der Waals surface area contributed by atoms with Crippen molar-refractivity contribution in [1.82, 2.24) is 0 Å². The third-order valence-corrected chi connectivity index (χ3v) is 6.32. The van der Waals surface area contributed by atoms with Gasteiger partial charge in [0.05, 0.1) is 13.2 Å². The second kappa shape index (κ2) is 8.28. The molecule has 2 aliphatic rings. The molecule has 0 bridgehead atoms. The molecule has 0 radical (unpaired) electrons. The maximum atomic E-state index is 13.1. The van der Waals surface area contributed by atoms with Crippen LogP contribution < -0.4 is 9.88 Å². The number of nitrogens with zero attached hydrogens (tertiary/aromatic N) is 2. The summed E-state index contributed by atoms with van der Waals surface area (Å²) in [5.74, 6) is 1.64. The van der Waals surface area contributed by atoms with E-state index in [2.05, 4.69) is 16.0 Å². The summed E-state index contributed by atoms with van der Waals surface area (Å²) in [5, 5.41) is 10.8. The second-order valence-electron chi connectivity index (χ2n) is 6.97. The lowest BCUT2D eigenvalue weighted by atomic mass is 9.89. The fraction of sp³-hybridized carbons (Fsp3) is 0.429. The first-order valence-electron chi connectivity index (χ1n) is 9.47. The van der Waals surface area contributed by atoms with Crippen LogP contribution in [-0.4, -0.2) is 26.3 Å². The summed E-state index contributed by atoms with van der Waals surface area (Å²) in [6.07, 6.45) is 4.30. The predicted molar refractivity (Wildman–Crippen MR) is 103 cm³/mol. The highest BCUT2D eigenvalue weighted by Gasteiger charge is 2.30. The maximum Gasteiger partial charge on any atom is 0.278 e. The number of morpholine rings is 1. The van der Waals surface area contributed by atoms with Crippen LogP contribution in [-0.2, 0) is 23.3 Å². The van der Waals surface area contributed by atoms with Gasteiger partial charge >= 0.3 is 0 Å². The van der Waals surface area contributed by atoms with E-state index in [4.69, 9.17) is 4.74 Å². The maximum absolute atomic E-state index is 13.1. The SMILES string of the molecule is N#Cc1c(SCc2ccc(F)cc2)[nH+]c(N2CCOCC2)c2c1CCCC2. The van der Waals surface area contributed by atoms with Gasteiger partial charge in [-0.25, -0.2) is 9.37 Å². The van der Waals surface area contributed by atoms with Gasteiger partial charge in [0.2, 0.25) is 0 Å². The van der Waals surface area contributed by atoms with E-state index in [1.165, 1.54) is 29.7 Å². The molecule has 4 rings (SSSR count). The largest absolute Gasteiger partial charge is 0.373 e. The number of rotatable bonds is 4. The quantitative estimate of drug-likeness (QED) is 0.757. The fourth-order valence-corrected chi connectivity index (χ4v) is 4.83. The average molecular weight is 385 g/mol. The molecule has 27 heavy (non-hydrogen) atoms. The monoisotopic (exact) mass is 384 g/mol. The summed E-state index contributed by atoms with van der Waals surface area (Å²) in [6, 6.07) is 9.01. The molecule has 0 unspecified atom stereocenters. The van der Waals surface area contributed by atoms with Crippen molar-refractivity contribution in [2.24, 2.45) is 0 Å². The van der Waals surface area contributed by atoms with E-state index in [1.807, 2.05) is 0 Å². The van der Waals surface area contributed by atoms with Crippen molar-refractivity contribution in [1.29, 1.82) is 5.26 Å². The van der Waals surface area contributed by atoms with Crippen LogP contribution in [0.5, 0.6) is 0 Å². The number of thioether (sulfide) groups is 1. The number of nitriles is 1. The second-order valence-corrected chi connectivity index (χ2v) is 7.95. The van der Waals surface area contributed by atoms with Crippen LogP contribution in [0.3, 0.4) is 0 Å². The minimum absolute atomic E-state index is 0.226. The van der Waals surface area contributed by atoms with Gasteiger partial charge in [0.15, 0.2) is 5.03 Å². The van der Waals surface area contributed by atoms with E-state index in [0.29, 0.717) is 5.75 Å². The smallest absolute Gasteiger partial charge is 0.278 e. The van der Waals surface area contributed by atoms with Crippen molar-refractivity contribution in [2.75, 3.05) is 31.2 Å². The highest BCUT2D eigenvalue weighted by molar-refractivity contribution is 7.98. The minimum Gasteiger partial charge on any atom is -0.373 e. The van der Waals surface area contributed by atoms with E-state index >= 15 is 0 Å². The van der Waals surface area contributed by atoms with Crippen molar-refractivity contribution in [2.45, 2.75) is 36.5 Å². The van der Waals surface area contributed by atoms with Gasteiger partial charge in [-0.1, -0.05) is 23.9 Å². The summed E-state index contributed by atoms with van der Waals surface area (Å²) in [5.41, 5.74) is 4.36. The molecule has 1 fully saturated rings. The standard InChI is InChI=1S/C21H22FN3OS/c22-16-7-5-15(6-8-16)14-27-21-19(13-23)17-3-1-2-4-18(17)20(24-21)25-9-11-26-12-10-25/h5-8H,1-4,9-12,14H2/p+1. The van der Waals surface area contributed by atoms with Crippen LogP contribution in [0.4, 0.5) is 10.2 Å². The summed E-state index contributed by atoms with van der Waals surface area (Å²) in [6.45, 7) is 3.22. The molecule has 2 heterocycles. The van der Waals surface area contributed by atoms with Crippen molar-refractivity contribution in [3.63, 3.8) is 0 Å². The highest BCUT2D eigenvalue weighted by Crippen LogP contribution is 2.34. The van der Waals surface area contributed by atoms with Crippen molar-refractivity contribution in [3.8, 4) is 6.07 Å². The molecule has 0 amide bonds. The summed E-state index contributed by atoms with van der Waals surface area (Å²) in [7, 11) is 0. The van der Waals surface area contributed by atoms with Crippen molar-refractivity contribution >= 4 is 17.6 Å². The number of halogens is 1. The first kappa shape index (κ1) is 18.3. The van der Waals surface area contributed by atoms with E-state index in [9.17, 15) is 9.65 Å². The first-order valence-corrected chi connectivity index (χ1v) is 10.5. The van der Waals surface area contributed by atoms with E-state index in [-0.39, 0.29) is 5.82 Å². The lowest BCUT2D eigenvalue weighted by Crippen LogP contribution is -2.41. The first-order chi connectivity index (χ1) is 13.3. The molecule has 1 aromatic carbocycles. The Balaban J connectivity index is 1.68. The van der Waals surface area contributed by atoms with Gasteiger partial charge in [0.25, 0.3) is 5.82 Å². The number of anilines is 1. The Labute approximate surface area is 163 Å². The van der Waals surface area contributed by atoms with Gasteiger partial charge < -0.3 is 4.74 Å². The zero-order valence-electron chi connectivity index (χ0n) is 15.3. The molecule has 1 aliphatic carbocycles. The van der Waals surface area contributed by atoms with Gasteiger partial charge in [-0.15, -0.1) is 0 Å². The third kappa shape index (κ3) is 3.95. The Morgan fingerprint density at radius 3 is 2.52 bits per heavy atom. The van der Waals surface area contributed by atoms with E-state index < -0.39 is 0 Å². The molecule has 1 aromatic heterocycles. The predicted octanol–water partition coefficient (Wildman–Crippen LogP) is 3.52. The van der Waals surface area contributed by atoms with Crippen LogP contribution in [0.25, 0.3) is 0 Å². The van der Waals surface area contributed by atoms with Crippen LogP contribution in [0.2, 0.25) is 0 Å². The molecule has 2 aromatic rings. The Kier molecular flexibility index (Phi) is 5.61. The van der Waals surface area contributed by atoms with Crippen molar-refractivity contribution in [3.05, 3.63) is 52.3 Å². The molecule has 0 saturated carbocycles. The number of ether oxygens (including phenoxy) is 1. The summed E-state index contributed by atoms with van der Waals surface area (Å²) in [4.78, 5) is 5.94. The molecule has 0 atom stereocenters. The number of aromatic nitrogens is 1. The van der Waals surface area contributed by atoms with Crippen LogP contribution in [0.1, 0.15) is 35.1 Å². The zero-order chi connectivity index (χ0) is 18.6. The Hall–Kier alpha value is -2.10. The Bertz CT molecular complexity index is 857. The van der Waals surface area contributed by atoms with Crippen LogP contribution >= 0.6 is 11.8 Å². The number of aromatic amines is 1. The molecule has 1 saturated heterocycles. The molecule has 0 spiro atoms. The molecule has 140 valence electrons. The molecule has 1 N–H and O–H groups in total. The van der Waals surface area contributed by atoms with Gasteiger partial charge in [0, 0.05) is 11.3 Å². The number of fused-ring (bicyclic) bond motifs is 1.